The minimum atomic E-state index is -0.350. The smallest absolute Gasteiger partial charge is 0.239 e. The number of methoxy groups -OCH3 is 1. The molecule has 0 saturated carbocycles. The predicted octanol–water partition coefficient (Wildman–Crippen LogP) is 0.997. The molecule has 0 unspecified atom stereocenters. The lowest BCUT2D eigenvalue weighted by Gasteiger charge is -2.27. The Balaban J connectivity index is 2.51. The molecule has 0 aromatic rings. The first-order valence-electron chi connectivity index (χ1n) is 6.11. The van der Waals surface area contributed by atoms with Crippen molar-refractivity contribution in [3.63, 3.8) is 0 Å². The fourth-order valence-corrected chi connectivity index (χ4v) is 2.31. The number of hydrogen-bond donors (Lipinski definition) is 1. The molecule has 0 bridgehead atoms. The van der Waals surface area contributed by atoms with Crippen LogP contribution in [0.15, 0.2) is 0 Å². The zero-order chi connectivity index (χ0) is 12.1. The first-order chi connectivity index (χ1) is 7.56. The van der Waals surface area contributed by atoms with E-state index in [0.717, 1.165) is 25.8 Å². The SMILES string of the molecule is COC[C@H]1CCCN1C(=O)[C@@H](N)CC(C)C. The van der Waals surface area contributed by atoms with Crippen LogP contribution < -0.4 is 5.73 Å². The number of carbonyl (C=O) groups is 1. The van der Waals surface area contributed by atoms with Crippen molar-refractivity contribution in [2.45, 2.75) is 45.2 Å². The quantitative estimate of drug-likeness (QED) is 0.763. The molecule has 0 spiro atoms. The van der Waals surface area contributed by atoms with Crippen LogP contribution >= 0.6 is 0 Å². The number of ether oxygens (including phenoxy) is 1. The second-order valence-electron chi connectivity index (χ2n) is 5.02. The summed E-state index contributed by atoms with van der Waals surface area (Å²) in [5, 5.41) is 0. The van der Waals surface area contributed by atoms with E-state index < -0.39 is 0 Å². The molecule has 0 aliphatic carbocycles. The Bertz CT molecular complexity index is 231. The molecular weight excluding hydrogens is 204 g/mol. The second-order valence-corrected chi connectivity index (χ2v) is 5.02. The van der Waals surface area contributed by atoms with Crippen LogP contribution in [-0.4, -0.2) is 43.2 Å². The van der Waals surface area contributed by atoms with Crippen LogP contribution in [0.25, 0.3) is 0 Å². The number of nitrogens with zero attached hydrogens (tertiary/aromatic N) is 1. The predicted molar refractivity (Wildman–Crippen MR) is 64.0 cm³/mol. The Kier molecular flexibility index (Phi) is 5.22. The van der Waals surface area contributed by atoms with E-state index in [1.54, 1.807) is 7.11 Å². The lowest BCUT2D eigenvalue weighted by molar-refractivity contribution is -0.134. The highest BCUT2D eigenvalue weighted by Gasteiger charge is 2.31. The standard InChI is InChI=1S/C12H24N2O2/c1-9(2)7-11(13)12(15)14-6-4-5-10(14)8-16-3/h9-11H,4-8,13H2,1-3H3/t10-,11+/m1/s1. The van der Waals surface area contributed by atoms with Gasteiger partial charge in [-0.2, -0.15) is 0 Å². The molecule has 1 heterocycles. The molecule has 0 radical (unpaired) electrons. The van der Waals surface area contributed by atoms with Gasteiger partial charge in [0.1, 0.15) is 0 Å². The molecule has 1 fully saturated rings. The minimum absolute atomic E-state index is 0.0910. The van der Waals surface area contributed by atoms with Gasteiger partial charge in [0.25, 0.3) is 0 Å². The molecular formula is C12H24N2O2. The van der Waals surface area contributed by atoms with E-state index >= 15 is 0 Å². The summed E-state index contributed by atoms with van der Waals surface area (Å²) in [7, 11) is 1.68. The number of likely N-dealkylation sites (tertiary alicyclic amines) is 1. The van der Waals surface area contributed by atoms with Crippen LogP contribution in [0.1, 0.15) is 33.1 Å². The fraction of sp³-hybridized carbons (Fsp3) is 0.917. The van der Waals surface area contributed by atoms with Crippen molar-refractivity contribution in [3.05, 3.63) is 0 Å². The van der Waals surface area contributed by atoms with Crippen LogP contribution in [0.2, 0.25) is 0 Å². The fourth-order valence-electron chi connectivity index (χ4n) is 2.31. The number of rotatable bonds is 5. The molecule has 2 atom stereocenters. The summed E-state index contributed by atoms with van der Waals surface area (Å²) in [5.41, 5.74) is 5.92. The zero-order valence-corrected chi connectivity index (χ0v) is 10.6. The topological polar surface area (TPSA) is 55.6 Å². The van der Waals surface area contributed by atoms with Crippen molar-refractivity contribution in [1.29, 1.82) is 0 Å². The van der Waals surface area contributed by atoms with Crippen molar-refractivity contribution in [2.75, 3.05) is 20.3 Å². The number of hydrogen-bond acceptors (Lipinski definition) is 3. The van der Waals surface area contributed by atoms with E-state index in [0.29, 0.717) is 12.5 Å². The lowest BCUT2D eigenvalue weighted by atomic mass is 10.0. The molecule has 4 nitrogen and oxygen atoms in total. The molecule has 0 aromatic heterocycles. The van der Waals surface area contributed by atoms with Gasteiger partial charge in [-0.15, -0.1) is 0 Å². The van der Waals surface area contributed by atoms with Crippen LogP contribution in [0.3, 0.4) is 0 Å². The Labute approximate surface area is 98.1 Å². The molecule has 2 N–H and O–H groups in total. The molecule has 1 amide bonds. The summed E-state index contributed by atoms with van der Waals surface area (Å²) in [6, 6.07) is -0.117. The van der Waals surface area contributed by atoms with Crippen molar-refractivity contribution in [1.82, 2.24) is 4.90 Å². The highest BCUT2D eigenvalue weighted by molar-refractivity contribution is 5.82. The molecule has 1 aliphatic heterocycles. The van der Waals surface area contributed by atoms with Gasteiger partial charge < -0.3 is 15.4 Å². The Morgan fingerprint density at radius 1 is 1.56 bits per heavy atom. The summed E-state index contributed by atoms with van der Waals surface area (Å²) in [6.07, 6.45) is 2.86. The minimum Gasteiger partial charge on any atom is -0.383 e. The molecule has 1 rings (SSSR count). The van der Waals surface area contributed by atoms with Crippen LogP contribution in [-0.2, 0) is 9.53 Å². The van der Waals surface area contributed by atoms with E-state index in [1.165, 1.54) is 0 Å². The average molecular weight is 228 g/mol. The molecule has 94 valence electrons. The van der Waals surface area contributed by atoms with Crippen LogP contribution in [0.5, 0.6) is 0 Å². The summed E-state index contributed by atoms with van der Waals surface area (Å²) in [4.78, 5) is 14.0. The van der Waals surface area contributed by atoms with Gasteiger partial charge in [-0.3, -0.25) is 4.79 Å². The Morgan fingerprint density at radius 3 is 2.81 bits per heavy atom. The second kappa shape index (κ2) is 6.21. The Hall–Kier alpha value is -0.610. The Morgan fingerprint density at radius 2 is 2.25 bits per heavy atom. The van der Waals surface area contributed by atoms with Gasteiger partial charge in [0.05, 0.1) is 18.7 Å². The van der Waals surface area contributed by atoms with Gasteiger partial charge in [0.15, 0.2) is 0 Å². The highest BCUT2D eigenvalue weighted by Crippen LogP contribution is 2.19. The maximum atomic E-state index is 12.1. The van der Waals surface area contributed by atoms with E-state index in [2.05, 4.69) is 13.8 Å². The zero-order valence-electron chi connectivity index (χ0n) is 10.6. The molecule has 0 aromatic carbocycles. The van der Waals surface area contributed by atoms with E-state index in [9.17, 15) is 4.79 Å². The molecule has 16 heavy (non-hydrogen) atoms. The van der Waals surface area contributed by atoms with E-state index in [4.69, 9.17) is 10.5 Å². The van der Waals surface area contributed by atoms with Crippen molar-refractivity contribution >= 4 is 5.91 Å². The third-order valence-electron chi connectivity index (χ3n) is 3.06. The summed E-state index contributed by atoms with van der Waals surface area (Å²) < 4.78 is 5.13. The van der Waals surface area contributed by atoms with Gasteiger partial charge in [-0.05, 0) is 25.2 Å². The first kappa shape index (κ1) is 13.5. The van der Waals surface area contributed by atoms with Gasteiger partial charge in [0.2, 0.25) is 5.91 Å². The van der Waals surface area contributed by atoms with E-state index in [1.807, 2.05) is 4.90 Å². The van der Waals surface area contributed by atoms with E-state index in [-0.39, 0.29) is 18.0 Å². The molecule has 1 aliphatic rings. The van der Waals surface area contributed by atoms with Crippen molar-refractivity contribution < 1.29 is 9.53 Å². The highest BCUT2D eigenvalue weighted by atomic mass is 16.5. The van der Waals surface area contributed by atoms with Crippen molar-refractivity contribution in [3.8, 4) is 0 Å². The number of amides is 1. The summed E-state index contributed by atoms with van der Waals surface area (Å²) in [6.45, 7) is 5.63. The number of carbonyl (C=O) groups excluding carboxylic acids is 1. The summed E-state index contributed by atoms with van der Waals surface area (Å²) >= 11 is 0. The van der Waals surface area contributed by atoms with Crippen LogP contribution in [0, 0.1) is 5.92 Å². The molecule has 1 saturated heterocycles. The molecule has 4 heteroatoms. The van der Waals surface area contributed by atoms with Crippen molar-refractivity contribution in [2.24, 2.45) is 11.7 Å². The maximum absolute atomic E-state index is 12.1. The monoisotopic (exact) mass is 228 g/mol. The lowest BCUT2D eigenvalue weighted by Crippen LogP contribution is -2.47. The largest absolute Gasteiger partial charge is 0.383 e. The van der Waals surface area contributed by atoms with Crippen LogP contribution in [0.4, 0.5) is 0 Å². The average Bonchev–Trinajstić information content (AvgIpc) is 2.64. The third kappa shape index (κ3) is 3.46. The van der Waals surface area contributed by atoms with Gasteiger partial charge in [-0.25, -0.2) is 0 Å². The van der Waals surface area contributed by atoms with Gasteiger partial charge in [0, 0.05) is 13.7 Å². The number of nitrogens with two attached hydrogens (primary N) is 1. The summed E-state index contributed by atoms with van der Waals surface area (Å²) in [5.74, 6) is 0.552. The first-order valence-corrected chi connectivity index (χ1v) is 6.11. The van der Waals surface area contributed by atoms with Gasteiger partial charge >= 0.3 is 0 Å². The maximum Gasteiger partial charge on any atom is 0.239 e. The normalized spacial score (nSPS) is 22.8. The van der Waals surface area contributed by atoms with Gasteiger partial charge in [-0.1, -0.05) is 13.8 Å². The third-order valence-corrected chi connectivity index (χ3v) is 3.06.